The van der Waals surface area contributed by atoms with Crippen molar-refractivity contribution in [2.24, 2.45) is 0 Å². The lowest BCUT2D eigenvalue weighted by molar-refractivity contribution is -0.123. The highest BCUT2D eigenvalue weighted by Gasteiger charge is 2.42. The van der Waals surface area contributed by atoms with Crippen LogP contribution in [0.3, 0.4) is 0 Å². The van der Waals surface area contributed by atoms with E-state index in [0.29, 0.717) is 0 Å². The predicted octanol–water partition coefficient (Wildman–Crippen LogP) is 1.54. The van der Waals surface area contributed by atoms with Crippen LogP contribution in [0.25, 0.3) is 0 Å². The van der Waals surface area contributed by atoms with E-state index in [-0.39, 0.29) is 18.4 Å². The van der Waals surface area contributed by atoms with Crippen LogP contribution in [-0.4, -0.2) is 50.0 Å². The van der Waals surface area contributed by atoms with Gasteiger partial charge >= 0.3 is 0 Å². The Labute approximate surface area is 127 Å². The van der Waals surface area contributed by atoms with Crippen LogP contribution in [0.15, 0.2) is 24.3 Å². The summed E-state index contributed by atoms with van der Waals surface area (Å²) in [7, 11) is 3.62. The number of hydrogen-bond donors (Lipinski definition) is 2. The Morgan fingerprint density at radius 2 is 2.23 bits per heavy atom. The van der Waals surface area contributed by atoms with Gasteiger partial charge in [-0.15, -0.1) is 0 Å². The summed E-state index contributed by atoms with van der Waals surface area (Å²) >= 11 is 0. The maximum atomic E-state index is 13.3. The van der Waals surface area contributed by atoms with Crippen molar-refractivity contribution in [2.45, 2.75) is 24.4 Å². The van der Waals surface area contributed by atoms with Crippen molar-refractivity contribution >= 4 is 5.91 Å². The monoisotopic (exact) mass is 315 g/mol. The second-order valence-electron chi connectivity index (χ2n) is 5.77. The molecule has 0 aliphatic carbocycles. The fourth-order valence-electron chi connectivity index (χ4n) is 2.53. The minimum absolute atomic E-state index is 0.221. The lowest BCUT2D eigenvalue weighted by Crippen LogP contribution is -2.43. The summed E-state index contributed by atoms with van der Waals surface area (Å²) in [5, 5.41) is 5.18. The number of alkyl halides is 2. The molecular weight excluding hydrogens is 295 g/mol. The Kier molecular flexibility index (Phi) is 5.08. The number of rotatable bonds is 5. The van der Waals surface area contributed by atoms with Crippen LogP contribution in [-0.2, 0) is 4.79 Å². The lowest BCUT2D eigenvalue weighted by atomic mass is 10.1. The fraction of sp³-hybridized carbons (Fsp3) is 0.533. The molecule has 122 valence electrons. The van der Waals surface area contributed by atoms with Crippen molar-refractivity contribution < 1.29 is 18.0 Å². The first kappa shape index (κ1) is 16.8. The second-order valence-corrected chi connectivity index (χ2v) is 5.77. The molecule has 0 radical (unpaired) electrons. The first-order chi connectivity index (χ1) is 10.3. The summed E-state index contributed by atoms with van der Waals surface area (Å²) in [5.41, 5.74) is 0.718. The van der Waals surface area contributed by atoms with Crippen molar-refractivity contribution in [1.82, 2.24) is 15.5 Å². The average molecular weight is 315 g/mol. The minimum atomic E-state index is -2.84. The Hall–Kier alpha value is -1.60. The van der Waals surface area contributed by atoms with Crippen molar-refractivity contribution in [3.05, 3.63) is 35.6 Å². The van der Waals surface area contributed by atoms with Gasteiger partial charge in [0.2, 0.25) is 5.91 Å². The van der Waals surface area contributed by atoms with E-state index in [0.717, 1.165) is 5.56 Å². The fourth-order valence-corrected chi connectivity index (χ4v) is 2.53. The van der Waals surface area contributed by atoms with Gasteiger partial charge in [0.05, 0.1) is 18.6 Å². The third-order valence-corrected chi connectivity index (χ3v) is 3.75. The molecule has 2 atom stereocenters. The summed E-state index contributed by atoms with van der Waals surface area (Å²) in [4.78, 5) is 13.8. The first-order valence-corrected chi connectivity index (χ1v) is 7.09. The molecule has 7 heteroatoms. The number of hydrogen-bond acceptors (Lipinski definition) is 3. The van der Waals surface area contributed by atoms with Crippen molar-refractivity contribution in [3.63, 3.8) is 0 Å². The van der Waals surface area contributed by atoms with E-state index in [1.165, 1.54) is 12.1 Å². The number of likely N-dealkylation sites (N-methyl/N-ethyl adjacent to an activating group) is 1. The summed E-state index contributed by atoms with van der Waals surface area (Å²) in [6, 6.07) is 4.99. The molecule has 22 heavy (non-hydrogen) atoms. The number of halogens is 3. The molecule has 1 saturated heterocycles. The molecule has 0 bridgehead atoms. The van der Waals surface area contributed by atoms with Crippen LogP contribution < -0.4 is 10.6 Å². The normalized spacial score (nSPS) is 21.8. The van der Waals surface area contributed by atoms with Crippen molar-refractivity contribution in [2.75, 3.05) is 27.2 Å². The Morgan fingerprint density at radius 1 is 1.50 bits per heavy atom. The van der Waals surface area contributed by atoms with E-state index in [1.807, 2.05) is 19.0 Å². The summed E-state index contributed by atoms with van der Waals surface area (Å²) in [6.07, 6.45) is -0.495. The van der Waals surface area contributed by atoms with E-state index < -0.39 is 30.8 Å². The van der Waals surface area contributed by atoms with Crippen LogP contribution in [0.5, 0.6) is 0 Å². The number of nitrogens with zero attached hydrogens (tertiary/aromatic N) is 1. The topological polar surface area (TPSA) is 44.4 Å². The van der Waals surface area contributed by atoms with Gasteiger partial charge < -0.3 is 10.2 Å². The molecule has 1 fully saturated rings. The highest BCUT2D eigenvalue weighted by atomic mass is 19.3. The van der Waals surface area contributed by atoms with Gasteiger partial charge in [-0.05, 0) is 31.8 Å². The van der Waals surface area contributed by atoms with Gasteiger partial charge in [-0.3, -0.25) is 10.1 Å². The highest BCUT2D eigenvalue weighted by Crippen LogP contribution is 2.25. The molecule has 1 aliphatic rings. The summed E-state index contributed by atoms with van der Waals surface area (Å²) < 4.78 is 39.5. The Bertz CT molecular complexity index is 537. The predicted molar refractivity (Wildman–Crippen MR) is 77.2 cm³/mol. The molecule has 0 saturated carbocycles. The molecule has 0 spiro atoms. The summed E-state index contributed by atoms with van der Waals surface area (Å²) in [5.74, 6) is -3.65. The zero-order chi connectivity index (χ0) is 16.3. The maximum absolute atomic E-state index is 13.3. The van der Waals surface area contributed by atoms with Crippen LogP contribution >= 0.6 is 0 Å². The third kappa shape index (κ3) is 4.20. The first-order valence-electron chi connectivity index (χ1n) is 7.09. The molecule has 1 heterocycles. The van der Waals surface area contributed by atoms with Gasteiger partial charge in [-0.1, -0.05) is 12.1 Å². The minimum Gasteiger partial charge on any atom is -0.353 e. The van der Waals surface area contributed by atoms with Gasteiger partial charge in [0.25, 0.3) is 5.92 Å². The SMILES string of the molecule is CN(C)C(CNC(=O)C1CC(F)(F)CN1)c1cccc(F)c1. The molecule has 1 amide bonds. The largest absolute Gasteiger partial charge is 0.353 e. The van der Waals surface area contributed by atoms with E-state index in [4.69, 9.17) is 0 Å². The quantitative estimate of drug-likeness (QED) is 0.866. The Morgan fingerprint density at radius 3 is 2.77 bits per heavy atom. The van der Waals surface area contributed by atoms with Gasteiger partial charge in [-0.25, -0.2) is 13.2 Å². The van der Waals surface area contributed by atoms with E-state index in [2.05, 4.69) is 10.6 Å². The summed E-state index contributed by atoms with van der Waals surface area (Å²) in [6.45, 7) is -0.259. The van der Waals surface area contributed by atoms with Crippen LogP contribution in [0.1, 0.15) is 18.0 Å². The zero-order valence-electron chi connectivity index (χ0n) is 12.6. The molecule has 2 rings (SSSR count). The van der Waals surface area contributed by atoms with Crippen molar-refractivity contribution in [3.8, 4) is 0 Å². The van der Waals surface area contributed by atoms with E-state index in [1.54, 1.807) is 12.1 Å². The van der Waals surface area contributed by atoms with Gasteiger partial charge in [0, 0.05) is 13.0 Å². The van der Waals surface area contributed by atoms with Gasteiger partial charge in [0.1, 0.15) is 5.82 Å². The highest BCUT2D eigenvalue weighted by molar-refractivity contribution is 5.82. The average Bonchev–Trinajstić information content (AvgIpc) is 2.79. The Balaban J connectivity index is 1.97. The molecule has 1 aliphatic heterocycles. The van der Waals surface area contributed by atoms with Crippen LogP contribution in [0, 0.1) is 5.82 Å². The molecule has 4 nitrogen and oxygen atoms in total. The number of carbonyl (C=O) groups is 1. The van der Waals surface area contributed by atoms with Gasteiger partial charge in [-0.2, -0.15) is 0 Å². The van der Waals surface area contributed by atoms with Crippen LogP contribution in [0.4, 0.5) is 13.2 Å². The molecule has 1 aromatic carbocycles. The zero-order valence-corrected chi connectivity index (χ0v) is 12.6. The maximum Gasteiger partial charge on any atom is 0.262 e. The molecular formula is C15H20F3N3O. The molecule has 2 unspecified atom stereocenters. The van der Waals surface area contributed by atoms with Crippen LogP contribution in [0.2, 0.25) is 0 Å². The number of carbonyl (C=O) groups excluding carboxylic acids is 1. The number of nitrogens with one attached hydrogen (secondary N) is 2. The van der Waals surface area contributed by atoms with E-state index in [9.17, 15) is 18.0 Å². The standard InChI is InChI=1S/C15H20F3N3O/c1-21(2)13(10-4-3-5-11(16)6-10)8-19-14(22)12-7-15(17,18)9-20-12/h3-6,12-13,20H,7-9H2,1-2H3,(H,19,22). The third-order valence-electron chi connectivity index (χ3n) is 3.75. The lowest BCUT2D eigenvalue weighted by Gasteiger charge is -2.25. The van der Waals surface area contributed by atoms with E-state index >= 15 is 0 Å². The number of benzene rings is 1. The number of amides is 1. The van der Waals surface area contributed by atoms with Crippen molar-refractivity contribution in [1.29, 1.82) is 0 Å². The smallest absolute Gasteiger partial charge is 0.262 e. The van der Waals surface area contributed by atoms with Gasteiger partial charge in [0.15, 0.2) is 0 Å². The molecule has 1 aromatic rings. The molecule has 0 aromatic heterocycles. The second kappa shape index (κ2) is 6.66. The molecule has 2 N–H and O–H groups in total.